The van der Waals surface area contributed by atoms with Gasteiger partial charge in [0.2, 0.25) is 12.2 Å². The van der Waals surface area contributed by atoms with Crippen molar-refractivity contribution in [2.45, 2.75) is 0 Å². The average molecular weight is 264 g/mol. The summed E-state index contributed by atoms with van der Waals surface area (Å²) in [6, 6.07) is 13.8. The highest BCUT2D eigenvalue weighted by molar-refractivity contribution is 5.78. The van der Waals surface area contributed by atoms with Gasteiger partial charge in [-0.05, 0) is 24.3 Å². The van der Waals surface area contributed by atoms with E-state index in [0.29, 0.717) is 11.4 Å². The molecule has 0 amide bonds. The Morgan fingerprint density at radius 1 is 0.700 bits per heavy atom. The van der Waals surface area contributed by atoms with E-state index in [9.17, 15) is 9.59 Å². The standard InChI is InChI=1S/C14H8N4O2/c19-9-15-12-7-4-8-13(14(12)16-10-20)18-17-11-5-2-1-3-6-11/h1-8H. The molecule has 20 heavy (non-hydrogen) atoms. The van der Waals surface area contributed by atoms with E-state index in [0.717, 1.165) is 0 Å². The Labute approximate surface area is 114 Å². The van der Waals surface area contributed by atoms with Crippen molar-refractivity contribution in [1.82, 2.24) is 0 Å². The van der Waals surface area contributed by atoms with Gasteiger partial charge in [-0.3, -0.25) is 0 Å². The molecular weight excluding hydrogens is 256 g/mol. The second kappa shape index (κ2) is 6.66. The molecule has 96 valence electrons. The van der Waals surface area contributed by atoms with E-state index in [1.807, 2.05) is 18.2 Å². The van der Waals surface area contributed by atoms with Crippen molar-refractivity contribution in [2.75, 3.05) is 0 Å². The van der Waals surface area contributed by atoms with E-state index in [-0.39, 0.29) is 11.4 Å². The van der Waals surface area contributed by atoms with E-state index < -0.39 is 0 Å². The molecule has 0 aliphatic heterocycles. The van der Waals surface area contributed by atoms with Gasteiger partial charge in [0, 0.05) is 0 Å². The lowest BCUT2D eigenvalue weighted by molar-refractivity contribution is 0.564. The molecule has 0 bridgehead atoms. The third-order valence-electron chi connectivity index (χ3n) is 2.35. The third kappa shape index (κ3) is 3.17. The molecular formula is C14H8N4O2. The van der Waals surface area contributed by atoms with Crippen LogP contribution in [0.1, 0.15) is 0 Å². The molecule has 2 aromatic rings. The number of carbonyl (C=O) groups excluding carboxylic acids is 2. The number of benzene rings is 2. The molecule has 0 unspecified atom stereocenters. The minimum atomic E-state index is 0.130. The van der Waals surface area contributed by atoms with Crippen LogP contribution in [-0.2, 0) is 9.59 Å². The highest BCUT2D eigenvalue weighted by Gasteiger charge is 2.06. The molecule has 0 aliphatic carbocycles. The highest BCUT2D eigenvalue weighted by atomic mass is 16.1. The van der Waals surface area contributed by atoms with Crippen LogP contribution in [0.2, 0.25) is 0 Å². The number of aliphatic imine (C=N–C) groups is 2. The fourth-order valence-corrected chi connectivity index (χ4v) is 1.51. The van der Waals surface area contributed by atoms with Gasteiger partial charge in [-0.1, -0.05) is 24.3 Å². The fraction of sp³-hybridized carbons (Fsp3) is 0. The zero-order valence-electron chi connectivity index (χ0n) is 10.2. The number of hydrogen-bond acceptors (Lipinski definition) is 6. The van der Waals surface area contributed by atoms with Crippen molar-refractivity contribution < 1.29 is 9.59 Å². The highest BCUT2D eigenvalue weighted by Crippen LogP contribution is 2.37. The second-order valence-electron chi connectivity index (χ2n) is 3.59. The van der Waals surface area contributed by atoms with Gasteiger partial charge in [-0.2, -0.15) is 15.1 Å². The first kappa shape index (κ1) is 13.2. The van der Waals surface area contributed by atoms with Crippen molar-refractivity contribution >= 4 is 34.9 Å². The number of nitrogens with zero attached hydrogens (tertiary/aromatic N) is 4. The summed E-state index contributed by atoms with van der Waals surface area (Å²) in [5.74, 6) is 0. The molecule has 0 saturated heterocycles. The van der Waals surface area contributed by atoms with Crippen LogP contribution in [0, 0.1) is 0 Å². The van der Waals surface area contributed by atoms with Crippen molar-refractivity contribution in [1.29, 1.82) is 0 Å². The van der Waals surface area contributed by atoms with Crippen molar-refractivity contribution in [2.24, 2.45) is 20.2 Å². The molecule has 0 N–H and O–H groups in total. The molecule has 0 atom stereocenters. The number of para-hydroxylation sites is 1. The van der Waals surface area contributed by atoms with Crippen LogP contribution in [-0.4, -0.2) is 12.2 Å². The van der Waals surface area contributed by atoms with Crippen LogP contribution in [0.15, 0.2) is 68.7 Å². The molecule has 0 aromatic heterocycles. The summed E-state index contributed by atoms with van der Waals surface area (Å²) in [7, 11) is 0. The Morgan fingerprint density at radius 2 is 1.40 bits per heavy atom. The molecule has 0 radical (unpaired) electrons. The minimum Gasteiger partial charge on any atom is -0.211 e. The van der Waals surface area contributed by atoms with Gasteiger partial charge in [0.15, 0.2) is 0 Å². The topological polar surface area (TPSA) is 83.6 Å². The maximum Gasteiger partial charge on any atom is 0.240 e. The Hall–Kier alpha value is -3.20. The fourth-order valence-electron chi connectivity index (χ4n) is 1.51. The first-order chi connectivity index (χ1) is 9.85. The lowest BCUT2D eigenvalue weighted by Gasteiger charge is -2.00. The molecule has 0 spiro atoms. The number of hydrogen-bond donors (Lipinski definition) is 0. The zero-order chi connectivity index (χ0) is 14.2. The normalized spacial score (nSPS) is 9.80. The predicted octanol–water partition coefficient (Wildman–Crippen LogP) is 4.04. The maximum absolute atomic E-state index is 10.5. The lowest BCUT2D eigenvalue weighted by Crippen LogP contribution is -1.71. The Kier molecular flexibility index (Phi) is 4.41. The van der Waals surface area contributed by atoms with Gasteiger partial charge in [0.1, 0.15) is 17.1 Å². The van der Waals surface area contributed by atoms with E-state index in [1.165, 1.54) is 18.2 Å². The summed E-state index contributed by atoms with van der Waals surface area (Å²) in [5, 5.41) is 8.02. The van der Waals surface area contributed by atoms with Crippen LogP contribution >= 0.6 is 0 Å². The molecule has 2 aromatic carbocycles. The summed E-state index contributed by atoms with van der Waals surface area (Å²) < 4.78 is 0. The van der Waals surface area contributed by atoms with Crippen LogP contribution in [0.3, 0.4) is 0 Å². The number of rotatable bonds is 4. The predicted molar refractivity (Wildman–Crippen MR) is 72.6 cm³/mol. The van der Waals surface area contributed by atoms with Crippen LogP contribution in [0.5, 0.6) is 0 Å². The van der Waals surface area contributed by atoms with Gasteiger partial charge >= 0.3 is 0 Å². The lowest BCUT2D eigenvalue weighted by atomic mass is 10.2. The Bertz CT molecular complexity index is 728. The third-order valence-corrected chi connectivity index (χ3v) is 2.35. The summed E-state index contributed by atoms with van der Waals surface area (Å²) in [6.07, 6.45) is 2.80. The molecule has 0 aliphatic rings. The van der Waals surface area contributed by atoms with E-state index in [2.05, 4.69) is 20.2 Å². The van der Waals surface area contributed by atoms with Crippen LogP contribution < -0.4 is 0 Å². The SMILES string of the molecule is O=C=Nc1cccc(N=Nc2ccccc2)c1N=C=O. The van der Waals surface area contributed by atoms with Gasteiger partial charge in [-0.15, -0.1) is 5.11 Å². The summed E-state index contributed by atoms with van der Waals surface area (Å²) in [6.45, 7) is 0. The largest absolute Gasteiger partial charge is 0.240 e. The second-order valence-corrected chi connectivity index (χ2v) is 3.59. The zero-order valence-corrected chi connectivity index (χ0v) is 10.2. The smallest absolute Gasteiger partial charge is 0.211 e. The molecule has 0 heterocycles. The quantitative estimate of drug-likeness (QED) is 0.474. The van der Waals surface area contributed by atoms with Gasteiger partial charge in [0.05, 0.1) is 5.69 Å². The maximum atomic E-state index is 10.5. The van der Waals surface area contributed by atoms with Gasteiger partial charge in [0.25, 0.3) is 0 Å². The van der Waals surface area contributed by atoms with E-state index in [4.69, 9.17) is 0 Å². The molecule has 2 rings (SSSR count). The van der Waals surface area contributed by atoms with E-state index >= 15 is 0 Å². The summed E-state index contributed by atoms with van der Waals surface area (Å²) in [5.41, 5.74) is 1.28. The van der Waals surface area contributed by atoms with Crippen LogP contribution in [0.4, 0.5) is 22.7 Å². The first-order valence-electron chi connectivity index (χ1n) is 5.60. The van der Waals surface area contributed by atoms with Crippen molar-refractivity contribution in [3.05, 3.63) is 48.5 Å². The molecule has 0 saturated carbocycles. The molecule has 6 heteroatoms. The van der Waals surface area contributed by atoms with Gasteiger partial charge in [-0.25, -0.2) is 9.59 Å². The molecule has 6 nitrogen and oxygen atoms in total. The molecule has 0 fully saturated rings. The van der Waals surface area contributed by atoms with Crippen molar-refractivity contribution in [3.63, 3.8) is 0 Å². The minimum absolute atomic E-state index is 0.130. The summed E-state index contributed by atoms with van der Waals surface area (Å²) in [4.78, 5) is 27.8. The van der Waals surface area contributed by atoms with Gasteiger partial charge < -0.3 is 0 Å². The first-order valence-corrected chi connectivity index (χ1v) is 5.60. The monoisotopic (exact) mass is 264 g/mol. The number of isocyanates is 2. The summed E-state index contributed by atoms with van der Waals surface area (Å²) >= 11 is 0. The Morgan fingerprint density at radius 3 is 2.10 bits per heavy atom. The number of azo groups is 1. The Balaban J connectivity index is 2.46. The van der Waals surface area contributed by atoms with Crippen molar-refractivity contribution in [3.8, 4) is 0 Å². The van der Waals surface area contributed by atoms with Crippen LogP contribution in [0.25, 0.3) is 0 Å². The average Bonchev–Trinajstić information content (AvgIpc) is 2.49. The van der Waals surface area contributed by atoms with E-state index in [1.54, 1.807) is 24.3 Å².